The Hall–Kier alpha value is -2.13. The fourth-order valence-electron chi connectivity index (χ4n) is 2.66. The van der Waals surface area contributed by atoms with Gasteiger partial charge in [0.2, 0.25) is 11.1 Å². The van der Waals surface area contributed by atoms with Crippen molar-refractivity contribution in [3.63, 3.8) is 0 Å². The number of aromatic nitrogens is 4. The standard InChI is InChI=1S/C17H23N5O3S/c1-12(16(23)18-10-15-4-3-9-25-15)26-17-19-20-21-22(17)11-13-5-7-14(24-2)8-6-13/h5-8,12,15H,3-4,9-11H2,1-2H3,(H,18,23)/t12-,15-/m1/s1. The number of nitrogens with one attached hydrogen (secondary N) is 1. The topological polar surface area (TPSA) is 91.2 Å². The summed E-state index contributed by atoms with van der Waals surface area (Å²) >= 11 is 1.34. The van der Waals surface area contributed by atoms with Gasteiger partial charge in [0.05, 0.1) is 25.0 Å². The number of thioether (sulfide) groups is 1. The molecular formula is C17H23N5O3S. The van der Waals surface area contributed by atoms with Crippen molar-refractivity contribution < 1.29 is 14.3 Å². The van der Waals surface area contributed by atoms with Crippen molar-refractivity contribution >= 4 is 17.7 Å². The van der Waals surface area contributed by atoms with Crippen LogP contribution >= 0.6 is 11.8 Å². The Morgan fingerprint density at radius 2 is 2.27 bits per heavy atom. The minimum atomic E-state index is -0.294. The lowest BCUT2D eigenvalue weighted by atomic mass is 10.2. The van der Waals surface area contributed by atoms with Gasteiger partial charge in [-0.2, -0.15) is 0 Å². The maximum atomic E-state index is 12.3. The smallest absolute Gasteiger partial charge is 0.233 e. The Morgan fingerprint density at radius 3 is 2.96 bits per heavy atom. The molecule has 1 aliphatic rings. The Labute approximate surface area is 156 Å². The van der Waals surface area contributed by atoms with Crippen molar-refractivity contribution in [2.45, 2.75) is 42.8 Å². The molecule has 1 saturated heterocycles. The number of ether oxygens (including phenoxy) is 2. The van der Waals surface area contributed by atoms with E-state index in [1.807, 2.05) is 31.2 Å². The van der Waals surface area contributed by atoms with Gasteiger partial charge < -0.3 is 14.8 Å². The number of methoxy groups -OCH3 is 1. The van der Waals surface area contributed by atoms with Gasteiger partial charge in [0.25, 0.3) is 0 Å². The molecule has 140 valence electrons. The molecule has 2 atom stereocenters. The molecule has 2 heterocycles. The van der Waals surface area contributed by atoms with E-state index < -0.39 is 0 Å². The molecule has 0 unspecified atom stereocenters. The molecule has 9 heteroatoms. The highest BCUT2D eigenvalue weighted by Gasteiger charge is 2.21. The number of carbonyl (C=O) groups is 1. The predicted octanol–water partition coefficient (Wildman–Crippen LogP) is 1.51. The van der Waals surface area contributed by atoms with E-state index in [9.17, 15) is 4.79 Å². The molecule has 1 aromatic heterocycles. The molecule has 1 aliphatic heterocycles. The molecule has 1 amide bonds. The molecule has 0 bridgehead atoms. The van der Waals surface area contributed by atoms with Crippen LogP contribution < -0.4 is 10.1 Å². The number of tetrazole rings is 1. The van der Waals surface area contributed by atoms with Crippen LogP contribution in [0.3, 0.4) is 0 Å². The molecule has 8 nitrogen and oxygen atoms in total. The van der Waals surface area contributed by atoms with Crippen LogP contribution in [-0.2, 0) is 16.1 Å². The van der Waals surface area contributed by atoms with Gasteiger partial charge in [-0.3, -0.25) is 4.79 Å². The lowest BCUT2D eigenvalue weighted by Gasteiger charge is -2.14. The summed E-state index contributed by atoms with van der Waals surface area (Å²) in [5.41, 5.74) is 1.05. The molecule has 2 aromatic rings. The second kappa shape index (κ2) is 9.00. The van der Waals surface area contributed by atoms with Gasteiger partial charge in [-0.25, -0.2) is 4.68 Å². The van der Waals surface area contributed by atoms with Crippen LogP contribution in [0.5, 0.6) is 5.75 Å². The number of nitrogens with zero attached hydrogens (tertiary/aromatic N) is 4. The van der Waals surface area contributed by atoms with E-state index in [2.05, 4.69) is 20.8 Å². The van der Waals surface area contributed by atoms with E-state index in [1.165, 1.54) is 11.8 Å². The molecule has 1 N–H and O–H groups in total. The molecule has 1 aromatic carbocycles. The minimum Gasteiger partial charge on any atom is -0.497 e. The minimum absolute atomic E-state index is 0.0375. The number of carbonyl (C=O) groups excluding carboxylic acids is 1. The SMILES string of the molecule is COc1ccc(Cn2nnnc2S[C@H](C)C(=O)NC[C@H]2CCCO2)cc1. The van der Waals surface area contributed by atoms with Crippen molar-refractivity contribution in [2.24, 2.45) is 0 Å². The molecule has 0 spiro atoms. The predicted molar refractivity (Wildman–Crippen MR) is 97.2 cm³/mol. The first-order valence-electron chi connectivity index (χ1n) is 8.61. The first-order chi connectivity index (χ1) is 12.7. The summed E-state index contributed by atoms with van der Waals surface area (Å²) in [6.45, 7) is 3.72. The quantitative estimate of drug-likeness (QED) is 0.697. The lowest BCUT2D eigenvalue weighted by Crippen LogP contribution is -2.36. The van der Waals surface area contributed by atoms with Gasteiger partial charge in [-0.1, -0.05) is 23.9 Å². The van der Waals surface area contributed by atoms with Gasteiger partial charge >= 0.3 is 0 Å². The fraction of sp³-hybridized carbons (Fsp3) is 0.529. The average Bonchev–Trinajstić information content (AvgIpc) is 3.32. The van der Waals surface area contributed by atoms with E-state index in [-0.39, 0.29) is 17.3 Å². The maximum absolute atomic E-state index is 12.3. The van der Waals surface area contributed by atoms with Gasteiger partial charge in [0, 0.05) is 13.2 Å². The highest BCUT2D eigenvalue weighted by molar-refractivity contribution is 8.00. The zero-order chi connectivity index (χ0) is 18.4. The zero-order valence-electron chi connectivity index (χ0n) is 14.9. The Bertz CT molecular complexity index is 715. The number of hydrogen-bond acceptors (Lipinski definition) is 7. The van der Waals surface area contributed by atoms with Crippen molar-refractivity contribution in [1.82, 2.24) is 25.5 Å². The monoisotopic (exact) mass is 377 g/mol. The summed E-state index contributed by atoms with van der Waals surface area (Å²) in [7, 11) is 1.64. The van der Waals surface area contributed by atoms with Crippen LogP contribution in [0.2, 0.25) is 0 Å². The van der Waals surface area contributed by atoms with Crippen LogP contribution in [0, 0.1) is 0 Å². The van der Waals surface area contributed by atoms with Crippen molar-refractivity contribution in [1.29, 1.82) is 0 Å². The molecule has 0 radical (unpaired) electrons. The third kappa shape index (κ3) is 4.95. The van der Waals surface area contributed by atoms with Crippen LogP contribution in [0.25, 0.3) is 0 Å². The van der Waals surface area contributed by atoms with Crippen LogP contribution in [-0.4, -0.2) is 57.7 Å². The third-order valence-corrected chi connectivity index (χ3v) is 5.24. The second-order valence-electron chi connectivity index (χ2n) is 6.11. The average molecular weight is 377 g/mol. The highest BCUT2D eigenvalue weighted by Crippen LogP contribution is 2.21. The van der Waals surface area contributed by atoms with E-state index in [0.29, 0.717) is 18.2 Å². The number of amides is 1. The van der Waals surface area contributed by atoms with E-state index >= 15 is 0 Å². The summed E-state index contributed by atoms with van der Waals surface area (Å²) in [5.74, 6) is 0.765. The van der Waals surface area contributed by atoms with Crippen molar-refractivity contribution in [2.75, 3.05) is 20.3 Å². The van der Waals surface area contributed by atoms with Crippen molar-refractivity contribution in [3.8, 4) is 5.75 Å². The Morgan fingerprint density at radius 1 is 1.46 bits per heavy atom. The van der Waals surface area contributed by atoms with Gasteiger partial charge in [-0.15, -0.1) is 5.10 Å². The number of rotatable bonds is 8. The molecule has 0 saturated carbocycles. The number of hydrogen-bond donors (Lipinski definition) is 1. The highest BCUT2D eigenvalue weighted by atomic mass is 32.2. The molecule has 1 fully saturated rings. The van der Waals surface area contributed by atoms with E-state index in [1.54, 1.807) is 11.8 Å². The Balaban J connectivity index is 1.54. The summed E-state index contributed by atoms with van der Waals surface area (Å²) < 4.78 is 12.4. The first kappa shape index (κ1) is 18.7. The van der Waals surface area contributed by atoms with Gasteiger partial charge in [0.15, 0.2) is 0 Å². The summed E-state index contributed by atoms with van der Waals surface area (Å²) in [6.07, 6.45) is 2.20. The summed E-state index contributed by atoms with van der Waals surface area (Å²) in [6, 6.07) is 7.72. The largest absolute Gasteiger partial charge is 0.497 e. The van der Waals surface area contributed by atoms with Crippen LogP contribution in [0.4, 0.5) is 0 Å². The Kier molecular flexibility index (Phi) is 6.45. The molecule has 26 heavy (non-hydrogen) atoms. The first-order valence-corrected chi connectivity index (χ1v) is 9.48. The van der Waals surface area contributed by atoms with Crippen molar-refractivity contribution in [3.05, 3.63) is 29.8 Å². The van der Waals surface area contributed by atoms with E-state index in [4.69, 9.17) is 9.47 Å². The molecule has 0 aliphatic carbocycles. The van der Waals surface area contributed by atoms with Crippen LogP contribution in [0.1, 0.15) is 25.3 Å². The third-order valence-electron chi connectivity index (χ3n) is 4.17. The molecular weight excluding hydrogens is 354 g/mol. The summed E-state index contributed by atoms with van der Waals surface area (Å²) in [4.78, 5) is 12.3. The summed E-state index contributed by atoms with van der Waals surface area (Å²) in [5, 5.41) is 15.1. The lowest BCUT2D eigenvalue weighted by molar-refractivity contribution is -0.120. The van der Waals surface area contributed by atoms with E-state index in [0.717, 1.165) is 30.8 Å². The normalized spacial score (nSPS) is 17.8. The number of benzene rings is 1. The van der Waals surface area contributed by atoms with Gasteiger partial charge in [0.1, 0.15) is 5.75 Å². The fourth-order valence-corrected chi connectivity index (χ4v) is 3.47. The zero-order valence-corrected chi connectivity index (χ0v) is 15.7. The molecule has 3 rings (SSSR count). The van der Waals surface area contributed by atoms with Crippen LogP contribution in [0.15, 0.2) is 29.4 Å². The maximum Gasteiger partial charge on any atom is 0.233 e. The van der Waals surface area contributed by atoms with Gasteiger partial charge in [-0.05, 0) is 47.9 Å². The second-order valence-corrected chi connectivity index (χ2v) is 7.42.